The van der Waals surface area contributed by atoms with Crippen LogP contribution in [0.4, 0.5) is 0 Å². The van der Waals surface area contributed by atoms with Crippen LogP contribution in [0.25, 0.3) is 0 Å². The molecule has 1 atom stereocenters. The van der Waals surface area contributed by atoms with Crippen LogP contribution in [0.1, 0.15) is 32.5 Å². The van der Waals surface area contributed by atoms with Gasteiger partial charge in [0.1, 0.15) is 0 Å². The monoisotopic (exact) mass is 257 g/mol. The van der Waals surface area contributed by atoms with E-state index in [1.54, 1.807) is 32.3 Å². The fourth-order valence-electron chi connectivity index (χ4n) is 1.28. The molecule has 0 amide bonds. The highest BCUT2D eigenvalue weighted by Crippen LogP contribution is 2.11. The Kier molecular flexibility index (Phi) is 4.62. The van der Waals surface area contributed by atoms with E-state index in [9.17, 15) is 8.42 Å². The summed E-state index contributed by atoms with van der Waals surface area (Å²) < 4.78 is 27.8. The first kappa shape index (κ1) is 14.1. The summed E-state index contributed by atoms with van der Waals surface area (Å²) in [6.07, 6.45) is 1.65. The van der Waals surface area contributed by atoms with E-state index in [2.05, 4.69) is 9.71 Å². The molecule has 1 aromatic rings. The minimum absolute atomic E-state index is 0.0802. The number of nitrogens with one attached hydrogen (secondary N) is 1. The van der Waals surface area contributed by atoms with Gasteiger partial charge in [-0.25, -0.2) is 0 Å². The Morgan fingerprint density at radius 1 is 1.29 bits per heavy atom. The third-order valence-corrected chi connectivity index (χ3v) is 4.39. The zero-order valence-electron chi connectivity index (χ0n) is 10.6. The second-order valence-corrected chi connectivity index (χ2v) is 5.97. The van der Waals surface area contributed by atoms with E-state index in [0.29, 0.717) is 5.69 Å². The summed E-state index contributed by atoms with van der Waals surface area (Å²) in [6, 6.07) is 5.00. The van der Waals surface area contributed by atoms with Crippen molar-refractivity contribution in [2.75, 3.05) is 7.05 Å². The van der Waals surface area contributed by atoms with E-state index in [-0.39, 0.29) is 12.1 Å². The van der Waals surface area contributed by atoms with E-state index in [4.69, 9.17) is 0 Å². The molecule has 0 radical (unpaired) electrons. The fourth-order valence-corrected chi connectivity index (χ4v) is 2.57. The normalized spacial score (nSPS) is 14.2. The summed E-state index contributed by atoms with van der Waals surface area (Å²) in [6.45, 7) is 5.42. The molecule has 0 unspecified atom stereocenters. The highest BCUT2D eigenvalue weighted by Gasteiger charge is 2.23. The van der Waals surface area contributed by atoms with Gasteiger partial charge in [0, 0.05) is 19.3 Å². The van der Waals surface area contributed by atoms with Gasteiger partial charge in [0.05, 0.1) is 11.7 Å². The number of rotatable bonds is 5. The van der Waals surface area contributed by atoms with Gasteiger partial charge in [-0.3, -0.25) is 4.98 Å². The summed E-state index contributed by atoms with van der Waals surface area (Å²) in [7, 11) is -1.91. The molecular weight excluding hydrogens is 238 g/mol. The first-order valence-electron chi connectivity index (χ1n) is 5.51. The second-order valence-electron chi connectivity index (χ2n) is 4.21. The molecular formula is C11H19N3O2S. The molecule has 0 fully saturated rings. The Morgan fingerprint density at radius 3 is 2.41 bits per heavy atom. The molecule has 0 aliphatic carbocycles. The van der Waals surface area contributed by atoms with Gasteiger partial charge in [-0.2, -0.15) is 17.4 Å². The van der Waals surface area contributed by atoms with E-state index in [1.165, 1.54) is 4.31 Å². The Bertz CT molecular complexity index is 445. The molecule has 1 heterocycles. The molecule has 5 nitrogen and oxygen atoms in total. The average molecular weight is 257 g/mol. The molecule has 0 spiro atoms. The van der Waals surface area contributed by atoms with Crippen LogP contribution >= 0.6 is 0 Å². The molecule has 1 rings (SSSR count). The standard InChI is InChI=1S/C11H19N3O2S/c1-9(2)14(4)17(15,16)13-10(3)11-7-5-6-8-12-11/h5-10,13H,1-4H3/t10-/m1/s1. The van der Waals surface area contributed by atoms with Crippen LogP contribution in [-0.4, -0.2) is 30.8 Å². The molecule has 0 aliphatic rings. The molecule has 0 aliphatic heterocycles. The van der Waals surface area contributed by atoms with Crippen LogP contribution in [0, 0.1) is 0 Å². The molecule has 96 valence electrons. The van der Waals surface area contributed by atoms with Crippen molar-refractivity contribution in [2.24, 2.45) is 0 Å². The highest BCUT2D eigenvalue weighted by molar-refractivity contribution is 7.87. The quantitative estimate of drug-likeness (QED) is 0.865. The lowest BCUT2D eigenvalue weighted by molar-refractivity contribution is 0.397. The molecule has 17 heavy (non-hydrogen) atoms. The number of hydrogen-bond acceptors (Lipinski definition) is 3. The van der Waals surface area contributed by atoms with Gasteiger partial charge in [0.2, 0.25) is 0 Å². The zero-order valence-corrected chi connectivity index (χ0v) is 11.4. The van der Waals surface area contributed by atoms with Gasteiger partial charge >= 0.3 is 0 Å². The Morgan fingerprint density at radius 2 is 1.94 bits per heavy atom. The minimum Gasteiger partial charge on any atom is -0.260 e. The molecule has 1 aromatic heterocycles. The van der Waals surface area contributed by atoms with Crippen molar-refractivity contribution < 1.29 is 8.42 Å². The van der Waals surface area contributed by atoms with Crippen molar-refractivity contribution >= 4 is 10.2 Å². The summed E-state index contributed by atoms with van der Waals surface area (Å²) >= 11 is 0. The molecule has 0 saturated carbocycles. The van der Waals surface area contributed by atoms with E-state index >= 15 is 0 Å². The maximum Gasteiger partial charge on any atom is 0.280 e. The molecule has 0 aromatic carbocycles. The van der Waals surface area contributed by atoms with Crippen molar-refractivity contribution in [3.63, 3.8) is 0 Å². The second kappa shape index (κ2) is 5.57. The average Bonchev–Trinajstić information content (AvgIpc) is 2.28. The van der Waals surface area contributed by atoms with Crippen LogP contribution in [0.2, 0.25) is 0 Å². The van der Waals surface area contributed by atoms with Crippen molar-refractivity contribution in [2.45, 2.75) is 32.9 Å². The first-order chi connectivity index (χ1) is 7.84. The van der Waals surface area contributed by atoms with Gasteiger partial charge in [0.25, 0.3) is 10.2 Å². The maximum atomic E-state index is 11.9. The van der Waals surface area contributed by atoms with E-state index in [0.717, 1.165) is 0 Å². The van der Waals surface area contributed by atoms with Crippen molar-refractivity contribution in [1.82, 2.24) is 14.0 Å². The van der Waals surface area contributed by atoms with Crippen molar-refractivity contribution in [3.05, 3.63) is 30.1 Å². The van der Waals surface area contributed by atoms with Gasteiger partial charge in [-0.05, 0) is 32.9 Å². The highest BCUT2D eigenvalue weighted by atomic mass is 32.2. The summed E-state index contributed by atoms with van der Waals surface area (Å²) in [4.78, 5) is 4.12. The number of nitrogens with zero attached hydrogens (tertiary/aromatic N) is 2. The molecule has 0 saturated heterocycles. The van der Waals surface area contributed by atoms with E-state index < -0.39 is 10.2 Å². The number of aromatic nitrogens is 1. The topological polar surface area (TPSA) is 62.3 Å². The third kappa shape index (κ3) is 3.76. The molecule has 1 N–H and O–H groups in total. The summed E-state index contributed by atoms with van der Waals surface area (Å²) in [5.41, 5.74) is 0.702. The predicted molar refractivity (Wildman–Crippen MR) is 67.6 cm³/mol. The summed E-state index contributed by atoms with van der Waals surface area (Å²) in [5.74, 6) is 0. The Labute approximate surface area is 103 Å². The van der Waals surface area contributed by atoms with Crippen LogP contribution in [0.15, 0.2) is 24.4 Å². The van der Waals surface area contributed by atoms with Crippen LogP contribution in [-0.2, 0) is 10.2 Å². The molecule has 0 bridgehead atoms. The fraction of sp³-hybridized carbons (Fsp3) is 0.545. The first-order valence-corrected chi connectivity index (χ1v) is 6.95. The SMILES string of the molecule is CC(C)N(C)S(=O)(=O)N[C@H](C)c1ccccn1. The van der Waals surface area contributed by atoms with Crippen LogP contribution in [0.3, 0.4) is 0 Å². The van der Waals surface area contributed by atoms with Crippen LogP contribution in [0.5, 0.6) is 0 Å². The van der Waals surface area contributed by atoms with Gasteiger partial charge < -0.3 is 0 Å². The largest absolute Gasteiger partial charge is 0.280 e. The maximum absolute atomic E-state index is 11.9. The van der Waals surface area contributed by atoms with Gasteiger partial charge in [-0.15, -0.1) is 0 Å². The molecule has 6 heteroatoms. The lowest BCUT2D eigenvalue weighted by Crippen LogP contribution is -2.42. The van der Waals surface area contributed by atoms with Crippen molar-refractivity contribution in [1.29, 1.82) is 0 Å². The van der Waals surface area contributed by atoms with Crippen LogP contribution < -0.4 is 4.72 Å². The lowest BCUT2D eigenvalue weighted by Gasteiger charge is -2.23. The van der Waals surface area contributed by atoms with Gasteiger partial charge in [0.15, 0.2) is 0 Å². The Balaban J connectivity index is 2.79. The lowest BCUT2D eigenvalue weighted by atomic mass is 10.2. The smallest absolute Gasteiger partial charge is 0.260 e. The predicted octanol–water partition coefficient (Wildman–Crippen LogP) is 1.32. The Hall–Kier alpha value is -0.980. The summed E-state index contributed by atoms with van der Waals surface area (Å²) in [5, 5.41) is 0. The van der Waals surface area contributed by atoms with Gasteiger partial charge in [-0.1, -0.05) is 6.07 Å². The van der Waals surface area contributed by atoms with Crippen molar-refractivity contribution in [3.8, 4) is 0 Å². The zero-order chi connectivity index (χ0) is 13.1. The minimum atomic E-state index is -3.46. The van der Waals surface area contributed by atoms with E-state index in [1.807, 2.05) is 19.9 Å². The number of pyridine rings is 1. The third-order valence-electron chi connectivity index (χ3n) is 2.56. The number of hydrogen-bond donors (Lipinski definition) is 1.